The first-order valence-corrected chi connectivity index (χ1v) is 7.91. The SMILES string of the molecule is CC[C@H](C)[C@H](NC(=O)COC(=O)c1cc(C)cc(C)c1)C(=O)OC. The maximum Gasteiger partial charge on any atom is 0.338 e. The molecule has 24 heavy (non-hydrogen) atoms. The van der Waals surface area contributed by atoms with Gasteiger partial charge in [-0.05, 0) is 31.9 Å². The fraction of sp³-hybridized carbons (Fsp3) is 0.500. The van der Waals surface area contributed by atoms with Crippen LogP contribution in [0, 0.1) is 19.8 Å². The summed E-state index contributed by atoms with van der Waals surface area (Å²) in [4.78, 5) is 35.7. The van der Waals surface area contributed by atoms with Crippen LogP contribution in [0.3, 0.4) is 0 Å². The molecule has 0 saturated heterocycles. The van der Waals surface area contributed by atoms with Gasteiger partial charge >= 0.3 is 11.9 Å². The van der Waals surface area contributed by atoms with Crippen LogP contribution in [0.2, 0.25) is 0 Å². The Kier molecular flexibility index (Phi) is 7.42. The van der Waals surface area contributed by atoms with Crippen molar-refractivity contribution in [1.29, 1.82) is 0 Å². The lowest BCUT2D eigenvalue weighted by molar-refractivity contribution is -0.147. The van der Waals surface area contributed by atoms with Crippen LogP contribution in [0.4, 0.5) is 0 Å². The molecule has 0 heterocycles. The van der Waals surface area contributed by atoms with Crippen molar-refractivity contribution in [3.63, 3.8) is 0 Å². The van der Waals surface area contributed by atoms with Gasteiger partial charge in [0.25, 0.3) is 5.91 Å². The molecule has 1 amide bonds. The molecule has 132 valence electrons. The topological polar surface area (TPSA) is 81.7 Å². The van der Waals surface area contributed by atoms with Gasteiger partial charge in [0.15, 0.2) is 6.61 Å². The Balaban J connectivity index is 2.64. The quantitative estimate of drug-likeness (QED) is 0.772. The number of methoxy groups -OCH3 is 1. The standard InChI is InChI=1S/C18H25NO5/c1-6-13(4)16(18(22)23-5)19-15(20)10-24-17(21)14-8-11(2)7-12(3)9-14/h7-9,13,16H,6,10H2,1-5H3,(H,19,20)/t13-,16-/m0/s1. The Bertz CT molecular complexity index is 591. The van der Waals surface area contributed by atoms with E-state index in [1.807, 2.05) is 33.8 Å². The second kappa shape index (κ2) is 9.05. The number of esters is 2. The third-order valence-corrected chi connectivity index (χ3v) is 3.78. The Morgan fingerprint density at radius 3 is 2.21 bits per heavy atom. The summed E-state index contributed by atoms with van der Waals surface area (Å²) < 4.78 is 9.72. The Morgan fingerprint density at radius 1 is 1.12 bits per heavy atom. The number of aryl methyl sites for hydroxylation is 2. The van der Waals surface area contributed by atoms with E-state index in [2.05, 4.69) is 5.32 Å². The number of rotatable bonds is 7. The van der Waals surface area contributed by atoms with E-state index < -0.39 is 30.5 Å². The minimum Gasteiger partial charge on any atom is -0.467 e. The summed E-state index contributed by atoms with van der Waals surface area (Å²) >= 11 is 0. The molecule has 0 aliphatic rings. The molecule has 0 aliphatic carbocycles. The second-order valence-electron chi connectivity index (χ2n) is 5.91. The average Bonchev–Trinajstić information content (AvgIpc) is 2.55. The minimum atomic E-state index is -0.757. The Morgan fingerprint density at radius 2 is 1.71 bits per heavy atom. The summed E-state index contributed by atoms with van der Waals surface area (Å²) in [5, 5.41) is 2.56. The molecular formula is C18H25NO5. The summed E-state index contributed by atoms with van der Waals surface area (Å²) in [6.07, 6.45) is 0.697. The van der Waals surface area contributed by atoms with E-state index in [1.165, 1.54) is 7.11 Å². The summed E-state index contributed by atoms with van der Waals surface area (Å²) in [7, 11) is 1.27. The molecule has 0 spiro atoms. The molecule has 1 aromatic rings. The highest BCUT2D eigenvalue weighted by Crippen LogP contribution is 2.11. The number of hydrogen-bond donors (Lipinski definition) is 1. The fourth-order valence-electron chi connectivity index (χ4n) is 2.32. The molecule has 0 saturated carbocycles. The van der Waals surface area contributed by atoms with E-state index in [0.29, 0.717) is 12.0 Å². The van der Waals surface area contributed by atoms with E-state index in [1.54, 1.807) is 12.1 Å². The van der Waals surface area contributed by atoms with Crippen LogP contribution in [0.15, 0.2) is 18.2 Å². The monoisotopic (exact) mass is 335 g/mol. The molecule has 0 radical (unpaired) electrons. The van der Waals surface area contributed by atoms with Crippen LogP contribution in [0.1, 0.15) is 41.8 Å². The van der Waals surface area contributed by atoms with Crippen LogP contribution in [0.5, 0.6) is 0 Å². The van der Waals surface area contributed by atoms with E-state index in [4.69, 9.17) is 9.47 Å². The summed E-state index contributed by atoms with van der Waals surface area (Å²) in [5.74, 6) is -1.71. The number of hydrogen-bond acceptors (Lipinski definition) is 5. The van der Waals surface area contributed by atoms with Gasteiger partial charge < -0.3 is 14.8 Å². The predicted molar refractivity (Wildman–Crippen MR) is 89.6 cm³/mol. The highest BCUT2D eigenvalue weighted by molar-refractivity contribution is 5.92. The van der Waals surface area contributed by atoms with Gasteiger partial charge in [-0.1, -0.05) is 37.5 Å². The van der Waals surface area contributed by atoms with Gasteiger partial charge in [0.05, 0.1) is 12.7 Å². The molecule has 1 rings (SSSR count). The number of ether oxygens (including phenoxy) is 2. The fourth-order valence-corrected chi connectivity index (χ4v) is 2.32. The molecule has 0 fully saturated rings. The number of carbonyl (C=O) groups excluding carboxylic acids is 3. The lowest BCUT2D eigenvalue weighted by Gasteiger charge is -2.21. The molecule has 1 aromatic carbocycles. The van der Waals surface area contributed by atoms with Crippen LogP contribution >= 0.6 is 0 Å². The zero-order valence-electron chi connectivity index (χ0n) is 14.8. The lowest BCUT2D eigenvalue weighted by atomic mass is 9.99. The van der Waals surface area contributed by atoms with Crippen LogP contribution in [-0.2, 0) is 19.1 Å². The van der Waals surface area contributed by atoms with Crippen molar-refractivity contribution in [1.82, 2.24) is 5.32 Å². The summed E-state index contributed by atoms with van der Waals surface area (Å²) in [5.41, 5.74) is 2.27. The number of nitrogens with one attached hydrogen (secondary N) is 1. The molecule has 6 nitrogen and oxygen atoms in total. The molecular weight excluding hydrogens is 310 g/mol. The first-order chi connectivity index (χ1) is 11.3. The van der Waals surface area contributed by atoms with Gasteiger partial charge in [-0.3, -0.25) is 4.79 Å². The normalized spacial score (nSPS) is 12.9. The van der Waals surface area contributed by atoms with Gasteiger partial charge in [-0.25, -0.2) is 9.59 Å². The van der Waals surface area contributed by atoms with Crippen molar-refractivity contribution in [3.8, 4) is 0 Å². The number of benzene rings is 1. The number of amides is 1. The van der Waals surface area contributed by atoms with E-state index in [-0.39, 0.29) is 5.92 Å². The van der Waals surface area contributed by atoms with Gasteiger partial charge in [0.1, 0.15) is 6.04 Å². The number of carbonyl (C=O) groups is 3. The second-order valence-corrected chi connectivity index (χ2v) is 5.91. The van der Waals surface area contributed by atoms with Crippen molar-refractivity contribution in [2.45, 2.75) is 40.2 Å². The van der Waals surface area contributed by atoms with Gasteiger partial charge in [0, 0.05) is 0 Å². The smallest absolute Gasteiger partial charge is 0.338 e. The highest BCUT2D eigenvalue weighted by atomic mass is 16.5. The lowest BCUT2D eigenvalue weighted by Crippen LogP contribution is -2.47. The largest absolute Gasteiger partial charge is 0.467 e. The maximum absolute atomic E-state index is 12.0. The van der Waals surface area contributed by atoms with Crippen molar-refractivity contribution in [3.05, 3.63) is 34.9 Å². The summed E-state index contributed by atoms with van der Waals surface area (Å²) in [6, 6.07) is 4.58. The molecule has 2 atom stereocenters. The minimum absolute atomic E-state index is 0.0866. The Labute approximate surface area is 142 Å². The zero-order chi connectivity index (χ0) is 18.3. The first kappa shape index (κ1) is 19.7. The third kappa shape index (κ3) is 5.68. The third-order valence-electron chi connectivity index (χ3n) is 3.78. The van der Waals surface area contributed by atoms with Crippen LogP contribution < -0.4 is 5.32 Å². The molecule has 0 bridgehead atoms. The van der Waals surface area contributed by atoms with E-state index in [9.17, 15) is 14.4 Å². The molecule has 0 unspecified atom stereocenters. The average molecular weight is 335 g/mol. The molecule has 0 aliphatic heterocycles. The van der Waals surface area contributed by atoms with Crippen molar-refractivity contribution >= 4 is 17.8 Å². The maximum atomic E-state index is 12.0. The van der Waals surface area contributed by atoms with Gasteiger partial charge in [-0.2, -0.15) is 0 Å². The first-order valence-electron chi connectivity index (χ1n) is 7.91. The highest BCUT2D eigenvalue weighted by Gasteiger charge is 2.27. The van der Waals surface area contributed by atoms with Crippen molar-refractivity contribution < 1.29 is 23.9 Å². The van der Waals surface area contributed by atoms with Crippen LogP contribution in [-0.4, -0.2) is 37.6 Å². The summed E-state index contributed by atoms with van der Waals surface area (Å²) in [6.45, 7) is 7.05. The van der Waals surface area contributed by atoms with Crippen LogP contribution in [0.25, 0.3) is 0 Å². The molecule has 0 aromatic heterocycles. The van der Waals surface area contributed by atoms with Crippen molar-refractivity contribution in [2.75, 3.05) is 13.7 Å². The Hall–Kier alpha value is -2.37. The zero-order valence-corrected chi connectivity index (χ0v) is 14.8. The van der Waals surface area contributed by atoms with E-state index >= 15 is 0 Å². The van der Waals surface area contributed by atoms with Gasteiger partial charge in [-0.15, -0.1) is 0 Å². The molecule has 6 heteroatoms. The van der Waals surface area contributed by atoms with Crippen molar-refractivity contribution in [2.24, 2.45) is 5.92 Å². The predicted octanol–water partition coefficient (Wildman–Crippen LogP) is 2.16. The van der Waals surface area contributed by atoms with E-state index in [0.717, 1.165) is 11.1 Å². The molecule has 1 N–H and O–H groups in total. The van der Waals surface area contributed by atoms with Gasteiger partial charge in [0.2, 0.25) is 0 Å².